The Morgan fingerprint density at radius 3 is 2.12 bits per heavy atom. The summed E-state index contributed by atoms with van der Waals surface area (Å²) in [7, 11) is -3.85. The van der Waals surface area contributed by atoms with E-state index >= 15 is 0 Å². The molecule has 0 saturated heterocycles. The Morgan fingerprint density at radius 1 is 1.16 bits per heavy atom. The largest absolute Gasteiger partial charge is 0.444 e. The van der Waals surface area contributed by atoms with Crippen LogP contribution in [-0.2, 0) is 18.3 Å². The lowest BCUT2D eigenvalue weighted by Crippen LogP contribution is -2.40. The molecule has 1 aromatic carbocycles. The van der Waals surface area contributed by atoms with Gasteiger partial charge in [-0.25, -0.2) is 4.79 Å². The first-order valence-corrected chi connectivity index (χ1v) is 9.85. The van der Waals surface area contributed by atoms with Crippen LogP contribution < -0.4 is 5.32 Å². The average Bonchev–Trinajstić information content (AvgIpc) is 2.51. The number of hydrogen-bond donors (Lipinski definition) is 2. The lowest BCUT2D eigenvalue weighted by atomic mass is 10.1. The van der Waals surface area contributed by atoms with Crippen LogP contribution in [-0.4, -0.2) is 35.9 Å². The number of benzene rings is 1. The van der Waals surface area contributed by atoms with E-state index in [4.69, 9.17) is 13.8 Å². The molecule has 2 N–H and O–H groups in total. The van der Waals surface area contributed by atoms with Crippen molar-refractivity contribution in [1.29, 1.82) is 0 Å². The van der Waals surface area contributed by atoms with Crippen LogP contribution >= 0.6 is 7.60 Å². The summed E-state index contributed by atoms with van der Waals surface area (Å²) >= 11 is 0. The summed E-state index contributed by atoms with van der Waals surface area (Å²) in [5, 5.41) is 13.3. The van der Waals surface area contributed by atoms with Crippen LogP contribution in [0.3, 0.4) is 0 Å². The minimum absolute atomic E-state index is 0.0995. The fraction of sp³-hybridized carbons (Fsp3) is 0.588. The molecule has 0 spiro atoms. The monoisotopic (exact) mass is 373 g/mol. The Morgan fingerprint density at radius 2 is 1.68 bits per heavy atom. The van der Waals surface area contributed by atoms with E-state index in [1.165, 1.54) is 0 Å². The lowest BCUT2D eigenvalue weighted by molar-refractivity contribution is 0.0448. The molecule has 1 aromatic rings. The van der Waals surface area contributed by atoms with Gasteiger partial charge >= 0.3 is 13.7 Å². The maximum atomic E-state index is 12.9. The van der Waals surface area contributed by atoms with Crippen molar-refractivity contribution in [2.45, 2.75) is 52.1 Å². The third kappa shape index (κ3) is 6.78. The first-order chi connectivity index (χ1) is 11.6. The van der Waals surface area contributed by atoms with Crippen LogP contribution in [0.25, 0.3) is 0 Å². The molecule has 0 heterocycles. The van der Waals surface area contributed by atoms with Gasteiger partial charge in [-0.15, -0.1) is 0 Å². The second-order valence-corrected chi connectivity index (χ2v) is 8.45. The molecule has 25 heavy (non-hydrogen) atoms. The average molecular weight is 373 g/mol. The molecule has 2 atom stereocenters. The Balaban J connectivity index is 3.13. The van der Waals surface area contributed by atoms with Gasteiger partial charge in [0.2, 0.25) is 0 Å². The molecule has 0 fully saturated rings. The molecule has 0 saturated carbocycles. The van der Waals surface area contributed by atoms with Crippen molar-refractivity contribution in [2.24, 2.45) is 0 Å². The zero-order valence-corrected chi connectivity index (χ0v) is 16.3. The molecule has 0 aliphatic carbocycles. The summed E-state index contributed by atoms with van der Waals surface area (Å²) in [5.41, 5.74) is -0.153. The molecule has 0 unspecified atom stereocenters. The van der Waals surface area contributed by atoms with Gasteiger partial charge in [0.15, 0.2) is 5.85 Å². The molecular formula is C17H28NO6P. The van der Waals surface area contributed by atoms with Gasteiger partial charge in [-0.3, -0.25) is 4.57 Å². The molecule has 0 radical (unpaired) electrons. The van der Waals surface area contributed by atoms with E-state index in [0.29, 0.717) is 5.56 Å². The van der Waals surface area contributed by atoms with E-state index in [-0.39, 0.29) is 13.2 Å². The highest BCUT2D eigenvalue weighted by molar-refractivity contribution is 7.54. The van der Waals surface area contributed by atoms with Gasteiger partial charge in [-0.1, -0.05) is 30.3 Å². The lowest BCUT2D eigenvalue weighted by Gasteiger charge is -2.30. The van der Waals surface area contributed by atoms with Crippen LogP contribution in [0.15, 0.2) is 30.3 Å². The van der Waals surface area contributed by atoms with Gasteiger partial charge in [0, 0.05) is 0 Å². The molecule has 0 aliphatic rings. The fourth-order valence-electron chi connectivity index (χ4n) is 2.16. The number of alkyl carbamates (subject to hydrolysis) is 1. The molecule has 1 rings (SSSR count). The standard InChI is InChI=1S/C17H28NO6P/c1-6-22-25(21,23-7-2)15(19)14(13-11-9-8-10-12-13)18-16(20)24-17(3,4)5/h8-12,14-15,19H,6-7H2,1-5H3,(H,18,20)/t14-,15-/m0/s1. The predicted molar refractivity (Wildman–Crippen MR) is 95.4 cm³/mol. The Labute approximate surface area is 149 Å². The first kappa shape index (κ1) is 21.6. The third-order valence-corrected chi connectivity index (χ3v) is 5.25. The number of aliphatic hydroxyl groups excluding tert-OH is 1. The third-order valence-electron chi connectivity index (χ3n) is 3.07. The van der Waals surface area contributed by atoms with Crippen molar-refractivity contribution in [1.82, 2.24) is 5.32 Å². The number of hydrogen-bond acceptors (Lipinski definition) is 6. The number of carbonyl (C=O) groups is 1. The maximum absolute atomic E-state index is 12.9. The van der Waals surface area contributed by atoms with E-state index in [1.54, 1.807) is 65.0 Å². The SMILES string of the molecule is CCOP(=O)(OCC)[C@H](O)[C@@H](NC(=O)OC(C)(C)C)c1ccccc1. The summed E-state index contributed by atoms with van der Waals surface area (Å²) in [4.78, 5) is 12.2. The quantitative estimate of drug-likeness (QED) is 0.673. The minimum atomic E-state index is -3.85. The van der Waals surface area contributed by atoms with Gasteiger partial charge in [0.25, 0.3) is 0 Å². The number of amides is 1. The van der Waals surface area contributed by atoms with Crippen molar-refractivity contribution in [3.63, 3.8) is 0 Å². The van der Waals surface area contributed by atoms with Crippen molar-refractivity contribution < 1.29 is 28.3 Å². The smallest absolute Gasteiger partial charge is 0.408 e. The zero-order chi connectivity index (χ0) is 19.1. The van der Waals surface area contributed by atoms with Crippen LogP contribution in [0.2, 0.25) is 0 Å². The highest BCUT2D eigenvalue weighted by Crippen LogP contribution is 2.55. The molecule has 8 heteroatoms. The number of rotatable bonds is 8. The van der Waals surface area contributed by atoms with Crippen molar-refractivity contribution in [3.8, 4) is 0 Å². The van der Waals surface area contributed by atoms with Crippen molar-refractivity contribution >= 4 is 13.7 Å². The number of nitrogens with one attached hydrogen (secondary N) is 1. The maximum Gasteiger partial charge on any atom is 0.408 e. The molecule has 142 valence electrons. The number of ether oxygens (including phenoxy) is 1. The first-order valence-electron chi connectivity index (χ1n) is 8.24. The van der Waals surface area contributed by atoms with Crippen LogP contribution in [0.1, 0.15) is 46.2 Å². The van der Waals surface area contributed by atoms with E-state index in [0.717, 1.165) is 0 Å². The molecule has 0 aromatic heterocycles. The van der Waals surface area contributed by atoms with Gasteiger partial charge in [0.1, 0.15) is 5.60 Å². The molecular weight excluding hydrogens is 345 g/mol. The second-order valence-electron chi connectivity index (χ2n) is 6.32. The van der Waals surface area contributed by atoms with Crippen LogP contribution in [0.5, 0.6) is 0 Å². The number of carbonyl (C=O) groups excluding carboxylic acids is 1. The molecule has 1 amide bonds. The van der Waals surface area contributed by atoms with Crippen molar-refractivity contribution in [2.75, 3.05) is 13.2 Å². The van der Waals surface area contributed by atoms with Gasteiger partial charge in [-0.2, -0.15) is 0 Å². The van der Waals surface area contributed by atoms with Gasteiger partial charge < -0.3 is 24.2 Å². The fourth-order valence-corrected chi connectivity index (χ4v) is 3.87. The predicted octanol–water partition coefficient (Wildman–Crippen LogP) is 3.84. The normalized spacial score (nSPS) is 14.6. The van der Waals surface area contributed by atoms with E-state index in [9.17, 15) is 14.5 Å². The van der Waals surface area contributed by atoms with Gasteiger partial charge in [0.05, 0.1) is 19.3 Å². The van der Waals surface area contributed by atoms with Crippen molar-refractivity contribution in [3.05, 3.63) is 35.9 Å². The Kier molecular flexibility index (Phi) is 8.09. The Hall–Kier alpha value is -1.40. The minimum Gasteiger partial charge on any atom is -0.444 e. The number of aliphatic hydroxyl groups is 1. The second kappa shape index (κ2) is 9.34. The molecule has 0 bridgehead atoms. The summed E-state index contributed by atoms with van der Waals surface area (Å²) in [6.45, 7) is 8.68. The summed E-state index contributed by atoms with van der Waals surface area (Å²) in [5.74, 6) is -1.58. The van der Waals surface area contributed by atoms with Crippen LogP contribution in [0.4, 0.5) is 4.79 Å². The van der Waals surface area contributed by atoms with E-state index in [1.807, 2.05) is 0 Å². The highest BCUT2D eigenvalue weighted by atomic mass is 31.2. The zero-order valence-electron chi connectivity index (χ0n) is 15.4. The topological polar surface area (TPSA) is 94.1 Å². The summed E-state index contributed by atoms with van der Waals surface area (Å²) in [6.07, 6.45) is -0.736. The Bertz CT molecular complexity index is 577. The molecule has 7 nitrogen and oxygen atoms in total. The van der Waals surface area contributed by atoms with Crippen LogP contribution in [0, 0.1) is 0 Å². The summed E-state index contributed by atoms with van der Waals surface area (Å²) < 4.78 is 28.6. The highest BCUT2D eigenvalue weighted by Gasteiger charge is 2.42. The van der Waals surface area contributed by atoms with Gasteiger partial charge in [-0.05, 0) is 40.2 Å². The molecule has 0 aliphatic heterocycles. The van der Waals surface area contributed by atoms with E-state index < -0.39 is 31.2 Å². The summed E-state index contributed by atoms with van der Waals surface area (Å²) in [6, 6.07) is 7.68. The van der Waals surface area contributed by atoms with E-state index in [2.05, 4.69) is 5.32 Å².